The van der Waals surface area contributed by atoms with Crippen molar-refractivity contribution >= 4 is 28.1 Å². The summed E-state index contributed by atoms with van der Waals surface area (Å²) in [5.74, 6) is 1.29. The van der Waals surface area contributed by atoms with Gasteiger partial charge < -0.3 is 19.2 Å². The molecule has 0 saturated heterocycles. The molecular formula is C29H29NO4. The van der Waals surface area contributed by atoms with Crippen LogP contribution in [0.5, 0.6) is 11.5 Å². The van der Waals surface area contributed by atoms with Crippen LogP contribution in [0.3, 0.4) is 0 Å². The fourth-order valence-corrected chi connectivity index (χ4v) is 4.03. The molecule has 4 aromatic rings. The molecule has 1 N–H and O–H groups in total. The number of benzene rings is 3. The van der Waals surface area contributed by atoms with E-state index in [1.807, 2.05) is 70.2 Å². The maximum Gasteiger partial charge on any atom is 0.248 e. The van der Waals surface area contributed by atoms with Crippen molar-refractivity contribution in [1.82, 2.24) is 0 Å². The van der Waals surface area contributed by atoms with Crippen molar-refractivity contribution in [3.63, 3.8) is 0 Å². The van der Waals surface area contributed by atoms with Crippen molar-refractivity contribution in [3.8, 4) is 22.6 Å². The fourth-order valence-electron chi connectivity index (χ4n) is 4.03. The quantitative estimate of drug-likeness (QED) is 0.284. The third kappa shape index (κ3) is 4.84. The Morgan fingerprint density at radius 3 is 2.38 bits per heavy atom. The molecule has 5 nitrogen and oxygen atoms in total. The van der Waals surface area contributed by atoms with Crippen LogP contribution in [0.25, 0.3) is 27.7 Å². The number of carbonyl (C=O) groups excluding carboxylic acids is 1. The lowest BCUT2D eigenvalue weighted by Crippen LogP contribution is -2.09. The first-order chi connectivity index (χ1) is 16.5. The van der Waals surface area contributed by atoms with E-state index < -0.39 is 0 Å². The average molecular weight is 456 g/mol. The predicted molar refractivity (Wildman–Crippen MR) is 137 cm³/mol. The zero-order valence-electron chi connectivity index (χ0n) is 20.0. The van der Waals surface area contributed by atoms with Crippen molar-refractivity contribution in [2.24, 2.45) is 0 Å². The van der Waals surface area contributed by atoms with Crippen LogP contribution in [-0.2, 0) is 4.79 Å². The molecular weight excluding hydrogens is 426 g/mol. The summed E-state index contributed by atoms with van der Waals surface area (Å²) in [4.78, 5) is 12.8. The number of hydrogen-bond donors (Lipinski definition) is 1. The lowest BCUT2D eigenvalue weighted by molar-refractivity contribution is -0.111. The monoisotopic (exact) mass is 455 g/mol. The molecule has 0 aliphatic heterocycles. The number of amides is 1. The van der Waals surface area contributed by atoms with E-state index >= 15 is 0 Å². The molecule has 0 unspecified atom stereocenters. The summed E-state index contributed by atoms with van der Waals surface area (Å²) in [6, 6.07) is 19.5. The summed E-state index contributed by atoms with van der Waals surface area (Å²) in [7, 11) is 0. The molecule has 1 amide bonds. The third-order valence-electron chi connectivity index (χ3n) is 5.62. The normalized spacial score (nSPS) is 11.5. The van der Waals surface area contributed by atoms with Gasteiger partial charge in [0, 0.05) is 33.8 Å². The summed E-state index contributed by atoms with van der Waals surface area (Å²) < 4.78 is 17.4. The van der Waals surface area contributed by atoms with Crippen LogP contribution in [0.1, 0.15) is 31.9 Å². The lowest BCUT2D eigenvalue weighted by Gasteiger charge is -2.15. The number of nitrogens with one attached hydrogen (secondary N) is 1. The molecule has 0 saturated carbocycles. The van der Waals surface area contributed by atoms with Crippen molar-refractivity contribution in [3.05, 3.63) is 84.1 Å². The molecule has 0 bridgehead atoms. The highest BCUT2D eigenvalue weighted by Crippen LogP contribution is 2.40. The van der Waals surface area contributed by atoms with Gasteiger partial charge >= 0.3 is 0 Å². The van der Waals surface area contributed by atoms with E-state index in [1.165, 1.54) is 0 Å². The Bertz CT molecular complexity index is 1320. The van der Waals surface area contributed by atoms with Gasteiger partial charge in [-0.25, -0.2) is 0 Å². The summed E-state index contributed by atoms with van der Waals surface area (Å²) >= 11 is 0. The zero-order valence-corrected chi connectivity index (χ0v) is 20.0. The molecule has 174 valence electrons. The standard InChI is InChI=1S/C29H29NO4/c1-5-32-23-14-12-22(13-15-23)30-27(31)16-19(3)24-17-25-26(21-10-8-7-9-11-21)18-34-29(25)20(4)28(24)33-6-2/h7-18H,5-6H2,1-4H3,(H,30,31)/b19-16+. The number of ether oxygens (including phenoxy) is 2. The molecule has 5 heteroatoms. The number of aryl methyl sites for hydroxylation is 1. The number of carbonyl (C=O) groups is 1. The van der Waals surface area contributed by atoms with Crippen LogP contribution in [0, 0.1) is 6.92 Å². The van der Waals surface area contributed by atoms with Gasteiger partial charge in [-0.2, -0.15) is 0 Å². The summed E-state index contributed by atoms with van der Waals surface area (Å²) in [5, 5.41) is 3.90. The number of allylic oxidation sites excluding steroid dienone is 1. The Labute approximate surface area is 200 Å². The molecule has 0 spiro atoms. The third-order valence-corrected chi connectivity index (χ3v) is 5.62. The smallest absolute Gasteiger partial charge is 0.248 e. The number of anilines is 1. The van der Waals surface area contributed by atoms with Gasteiger partial charge in [-0.05, 0) is 69.2 Å². The van der Waals surface area contributed by atoms with E-state index in [0.29, 0.717) is 18.9 Å². The summed E-state index contributed by atoms with van der Waals surface area (Å²) in [5.41, 5.74) is 6.16. The van der Waals surface area contributed by atoms with Crippen molar-refractivity contribution in [2.45, 2.75) is 27.7 Å². The largest absolute Gasteiger partial charge is 0.494 e. The van der Waals surface area contributed by atoms with E-state index in [1.54, 1.807) is 12.3 Å². The van der Waals surface area contributed by atoms with Crippen molar-refractivity contribution in [1.29, 1.82) is 0 Å². The molecule has 0 aliphatic rings. The number of hydrogen-bond acceptors (Lipinski definition) is 4. The topological polar surface area (TPSA) is 60.7 Å². The second-order valence-electron chi connectivity index (χ2n) is 7.98. The van der Waals surface area contributed by atoms with Gasteiger partial charge in [-0.3, -0.25) is 4.79 Å². The van der Waals surface area contributed by atoms with E-state index in [9.17, 15) is 4.79 Å². The molecule has 0 aliphatic carbocycles. The number of fused-ring (bicyclic) bond motifs is 1. The van der Waals surface area contributed by atoms with Gasteiger partial charge in [0.05, 0.1) is 19.5 Å². The predicted octanol–water partition coefficient (Wildman–Crippen LogP) is 7.25. The van der Waals surface area contributed by atoms with Crippen LogP contribution in [-0.4, -0.2) is 19.1 Å². The van der Waals surface area contributed by atoms with Crippen LogP contribution in [0.2, 0.25) is 0 Å². The first-order valence-electron chi connectivity index (χ1n) is 11.5. The zero-order chi connectivity index (χ0) is 24.1. The van der Waals surface area contributed by atoms with Crippen molar-refractivity contribution in [2.75, 3.05) is 18.5 Å². The maximum absolute atomic E-state index is 12.8. The maximum atomic E-state index is 12.8. The average Bonchev–Trinajstić information content (AvgIpc) is 3.27. The van der Waals surface area contributed by atoms with Crippen LogP contribution in [0.4, 0.5) is 5.69 Å². The fraction of sp³-hybridized carbons (Fsp3) is 0.207. The van der Waals surface area contributed by atoms with Crippen molar-refractivity contribution < 1.29 is 18.7 Å². The Hall–Kier alpha value is -3.99. The SMILES string of the molecule is CCOc1ccc(NC(=O)/C=C(\C)c2cc3c(-c4ccccc4)coc3c(C)c2OCC)cc1. The van der Waals surface area contributed by atoms with E-state index in [4.69, 9.17) is 13.9 Å². The lowest BCUT2D eigenvalue weighted by atomic mass is 9.96. The minimum atomic E-state index is -0.211. The Morgan fingerprint density at radius 1 is 1.00 bits per heavy atom. The molecule has 0 atom stereocenters. The minimum Gasteiger partial charge on any atom is -0.494 e. The highest BCUT2D eigenvalue weighted by Gasteiger charge is 2.19. The van der Waals surface area contributed by atoms with E-state index in [2.05, 4.69) is 23.5 Å². The van der Waals surface area contributed by atoms with Gasteiger partial charge in [0.15, 0.2) is 0 Å². The Morgan fingerprint density at radius 2 is 1.71 bits per heavy atom. The summed E-state index contributed by atoms with van der Waals surface area (Å²) in [6.07, 6.45) is 3.38. The van der Waals surface area contributed by atoms with E-state index in [-0.39, 0.29) is 5.91 Å². The van der Waals surface area contributed by atoms with Crippen LogP contribution >= 0.6 is 0 Å². The van der Waals surface area contributed by atoms with Crippen LogP contribution < -0.4 is 14.8 Å². The number of furan rings is 1. The van der Waals surface area contributed by atoms with Gasteiger partial charge in [0.25, 0.3) is 0 Å². The van der Waals surface area contributed by atoms with Crippen LogP contribution in [0.15, 0.2) is 77.4 Å². The minimum absolute atomic E-state index is 0.211. The molecule has 3 aromatic carbocycles. The first kappa shape index (κ1) is 23.2. The molecule has 4 rings (SSSR count). The molecule has 0 fully saturated rings. The molecule has 1 aromatic heterocycles. The highest BCUT2D eigenvalue weighted by molar-refractivity contribution is 6.06. The van der Waals surface area contributed by atoms with Gasteiger partial charge in [-0.1, -0.05) is 30.3 Å². The highest BCUT2D eigenvalue weighted by atomic mass is 16.5. The van der Waals surface area contributed by atoms with Gasteiger partial charge in [0.2, 0.25) is 5.91 Å². The van der Waals surface area contributed by atoms with E-state index in [0.717, 1.165) is 50.3 Å². The Balaban J connectivity index is 1.70. The van der Waals surface area contributed by atoms with Gasteiger partial charge in [-0.15, -0.1) is 0 Å². The summed E-state index contributed by atoms with van der Waals surface area (Å²) in [6.45, 7) is 8.90. The molecule has 34 heavy (non-hydrogen) atoms. The Kier molecular flexibility index (Phi) is 7.02. The second-order valence-corrected chi connectivity index (χ2v) is 7.98. The van der Waals surface area contributed by atoms with Gasteiger partial charge in [0.1, 0.15) is 17.1 Å². The first-order valence-corrected chi connectivity index (χ1v) is 11.5. The second kappa shape index (κ2) is 10.3. The molecule has 0 radical (unpaired) electrons. The molecule has 1 heterocycles. The number of rotatable bonds is 8.